The molecule has 2 heterocycles. The van der Waals surface area contributed by atoms with E-state index in [4.69, 9.17) is 11.6 Å². The zero-order valence-electron chi connectivity index (χ0n) is 11.8. The molecule has 0 aliphatic rings. The van der Waals surface area contributed by atoms with Crippen LogP contribution in [0.1, 0.15) is 4.88 Å². The van der Waals surface area contributed by atoms with Gasteiger partial charge in [0.25, 0.3) is 5.91 Å². The summed E-state index contributed by atoms with van der Waals surface area (Å²) in [6.07, 6.45) is 3.41. The smallest absolute Gasteiger partial charge is 0.279 e. The van der Waals surface area contributed by atoms with Gasteiger partial charge in [-0.05, 0) is 46.3 Å². The first-order chi connectivity index (χ1) is 10.6. The number of anilines is 1. The van der Waals surface area contributed by atoms with Crippen LogP contribution in [0, 0.1) is 0 Å². The zero-order valence-corrected chi connectivity index (χ0v) is 15.0. The number of aromatic nitrogens is 1. The van der Waals surface area contributed by atoms with Crippen LogP contribution in [0.4, 0.5) is 5.69 Å². The van der Waals surface area contributed by atoms with Crippen LogP contribution in [-0.4, -0.2) is 24.0 Å². The Morgan fingerprint density at radius 3 is 2.95 bits per heavy atom. The lowest BCUT2D eigenvalue weighted by Crippen LogP contribution is -3.11. The molecule has 0 saturated heterocycles. The fourth-order valence-electron chi connectivity index (χ4n) is 2.00. The van der Waals surface area contributed by atoms with E-state index < -0.39 is 0 Å². The topological polar surface area (TPSA) is 46.4 Å². The van der Waals surface area contributed by atoms with Gasteiger partial charge in [-0.25, -0.2) is 4.98 Å². The Bertz CT molecular complexity index is 662. The number of quaternary nitrogens is 1. The lowest BCUT2D eigenvalue weighted by Gasteiger charge is -2.16. The summed E-state index contributed by atoms with van der Waals surface area (Å²) < 4.78 is 1.09. The minimum Gasteiger partial charge on any atom is -0.319 e. The summed E-state index contributed by atoms with van der Waals surface area (Å²) >= 11 is 11.1. The zero-order chi connectivity index (χ0) is 15.9. The average molecular weight is 402 g/mol. The molecule has 4 nitrogen and oxygen atoms in total. The van der Waals surface area contributed by atoms with Crippen LogP contribution in [0.5, 0.6) is 0 Å². The molecule has 0 saturated carbocycles. The molecule has 22 heavy (non-hydrogen) atoms. The lowest BCUT2D eigenvalue weighted by atomic mass is 10.3. The SMILES string of the molecule is C=CC[NH+](CC(=O)Nc1cccnc1Cl)Cc1ccc(Br)s1. The Balaban J connectivity index is 1.96. The number of nitrogens with one attached hydrogen (secondary N) is 2. The Labute approximate surface area is 146 Å². The van der Waals surface area contributed by atoms with Crippen molar-refractivity contribution in [3.8, 4) is 0 Å². The average Bonchev–Trinajstić information content (AvgIpc) is 2.87. The van der Waals surface area contributed by atoms with Gasteiger partial charge in [0, 0.05) is 6.20 Å². The minimum atomic E-state index is -0.0950. The van der Waals surface area contributed by atoms with Gasteiger partial charge in [0.05, 0.1) is 20.9 Å². The van der Waals surface area contributed by atoms with E-state index in [9.17, 15) is 4.79 Å². The third-order valence-electron chi connectivity index (χ3n) is 2.93. The maximum atomic E-state index is 12.2. The van der Waals surface area contributed by atoms with Gasteiger partial charge in [-0.3, -0.25) is 4.79 Å². The van der Waals surface area contributed by atoms with E-state index in [0.717, 1.165) is 15.2 Å². The van der Waals surface area contributed by atoms with Gasteiger partial charge < -0.3 is 10.2 Å². The largest absolute Gasteiger partial charge is 0.319 e. The Morgan fingerprint density at radius 2 is 2.32 bits per heavy atom. The molecule has 2 rings (SSSR count). The summed E-state index contributed by atoms with van der Waals surface area (Å²) in [5.41, 5.74) is 0.533. The van der Waals surface area contributed by atoms with Crippen LogP contribution in [0.2, 0.25) is 5.15 Å². The lowest BCUT2D eigenvalue weighted by molar-refractivity contribution is -0.899. The first-order valence-corrected chi connectivity index (χ1v) is 8.66. The van der Waals surface area contributed by atoms with E-state index >= 15 is 0 Å². The van der Waals surface area contributed by atoms with Crippen LogP contribution in [0.15, 0.2) is 46.9 Å². The number of carbonyl (C=O) groups is 1. The van der Waals surface area contributed by atoms with Gasteiger partial charge in [0.2, 0.25) is 0 Å². The molecule has 7 heteroatoms. The first-order valence-electron chi connectivity index (χ1n) is 6.67. The van der Waals surface area contributed by atoms with Gasteiger partial charge >= 0.3 is 0 Å². The third kappa shape index (κ3) is 5.21. The molecule has 0 fully saturated rings. The van der Waals surface area contributed by atoms with Crippen molar-refractivity contribution in [2.75, 3.05) is 18.4 Å². The van der Waals surface area contributed by atoms with E-state index in [1.807, 2.05) is 12.1 Å². The number of hydrogen-bond acceptors (Lipinski definition) is 3. The molecular formula is C15H16BrClN3OS+. The first kappa shape index (κ1) is 17.1. The van der Waals surface area contributed by atoms with E-state index in [1.165, 1.54) is 4.88 Å². The van der Waals surface area contributed by atoms with Crippen LogP contribution in [0.25, 0.3) is 0 Å². The van der Waals surface area contributed by atoms with Crippen molar-refractivity contribution in [2.45, 2.75) is 6.54 Å². The maximum absolute atomic E-state index is 12.2. The summed E-state index contributed by atoms with van der Waals surface area (Å²) in [4.78, 5) is 18.5. The van der Waals surface area contributed by atoms with Crippen LogP contribution in [0.3, 0.4) is 0 Å². The van der Waals surface area contributed by atoms with Crippen molar-refractivity contribution >= 4 is 50.5 Å². The fourth-order valence-corrected chi connectivity index (χ4v) is 3.73. The van der Waals surface area contributed by atoms with E-state index in [0.29, 0.717) is 23.9 Å². The standard InChI is InChI=1S/C15H15BrClN3OS/c1-2-8-20(9-11-5-6-13(16)22-11)10-14(21)19-12-4-3-7-18-15(12)17/h2-7H,1,8-10H2,(H,19,21)/p+1. The molecule has 2 N–H and O–H groups in total. The molecular weight excluding hydrogens is 386 g/mol. The highest BCUT2D eigenvalue weighted by Crippen LogP contribution is 2.21. The molecule has 0 bridgehead atoms. The molecule has 116 valence electrons. The van der Waals surface area contributed by atoms with Crippen molar-refractivity contribution in [3.63, 3.8) is 0 Å². The predicted octanol–water partition coefficient (Wildman–Crippen LogP) is 2.77. The normalized spacial score (nSPS) is 11.9. The van der Waals surface area contributed by atoms with Gasteiger partial charge in [0.1, 0.15) is 6.54 Å². The predicted molar refractivity (Wildman–Crippen MR) is 94.5 cm³/mol. The van der Waals surface area contributed by atoms with E-state index in [-0.39, 0.29) is 5.91 Å². The Kier molecular flexibility index (Phi) is 6.57. The summed E-state index contributed by atoms with van der Waals surface area (Å²) in [6, 6.07) is 7.55. The summed E-state index contributed by atoms with van der Waals surface area (Å²) in [6.45, 7) is 5.59. The van der Waals surface area contributed by atoms with E-state index in [2.05, 4.69) is 38.9 Å². The molecule has 0 spiro atoms. The van der Waals surface area contributed by atoms with Crippen molar-refractivity contribution in [1.29, 1.82) is 0 Å². The monoisotopic (exact) mass is 400 g/mol. The number of amides is 1. The molecule has 2 aromatic heterocycles. The van der Waals surface area contributed by atoms with Crippen molar-refractivity contribution in [2.24, 2.45) is 0 Å². The van der Waals surface area contributed by atoms with Crippen LogP contribution in [-0.2, 0) is 11.3 Å². The van der Waals surface area contributed by atoms with Gasteiger partial charge in [-0.15, -0.1) is 11.3 Å². The number of pyridine rings is 1. The highest BCUT2D eigenvalue weighted by Gasteiger charge is 2.16. The molecule has 1 amide bonds. The number of halogens is 2. The fraction of sp³-hybridized carbons (Fsp3) is 0.200. The Hall–Kier alpha value is -1.21. The van der Waals surface area contributed by atoms with Crippen LogP contribution < -0.4 is 10.2 Å². The molecule has 1 atom stereocenters. The molecule has 0 radical (unpaired) electrons. The summed E-state index contributed by atoms with van der Waals surface area (Å²) in [5, 5.41) is 3.09. The maximum Gasteiger partial charge on any atom is 0.279 e. The number of rotatable bonds is 7. The minimum absolute atomic E-state index is 0.0950. The molecule has 0 aromatic carbocycles. The third-order valence-corrected chi connectivity index (χ3v) is 4.85. The van der Waals surface area contributed by atoms with Gasteiger partial charge in [-0.1, -0.05) is 18.2 Å². The summed E-state index contributed by atoms with van der Waals surface area (Å²) in [5.74, 6) is -0.0950. The highest BCUT2D eigenvalue weighted by atomic mass is 79.9. The highest BCUT2D eigenvalue weighted by molar-refractivity contribution is 9.11. The number of nitrogens with zero attached hydrogens (tertiary/aromatic N) is 1. The van der Waals surface area contributed by atoms with Gasteiger partial charge in [0.15, 0.2) is 11.7 Å². The number of hydrogen-bond donors (Lipinski definition) is 2. The number of carbonyl (C=O) groups excluding carboxylic acids is 1. The number of thiophene rings is 1. The van der Waals surface area contributed by atoms with E-state index in [1.54, 1.807) is 29.7 Å². The van der Waals surface area contributed by atoms with Crippen molar-refractivity contribution < 1.29 is 9.69 Å². The van der Waals surface area contributed by atoms with Crippen LogP contribution >= 0.6 is 38.9 Å². The molecule has 0 aliphatic heterocycles. The second kappa shape index (κ2) is 8.43. The van der Waals surface area contributed by atoms with Gasteiger partial charge in [-0.2, -0.15) is 0 Å². The molecule has 1 unspecified atom stereocenters. The molecule has 0 aliphatic carbocycles. The quantitative estimate of drug-likeness (QED) is 0.553. The second-order valence-corrected chi connectivity index (χ2v) is 7.60. The van der Waals surface area contributed by atoms with Crippen molar-refractivity contribution in [1.82, 2.24) is 4.98 Å². The Morgan fingerprint density at radius 1 is 1.50 bits per heavy atom. The summed E-state index contributed by atoms with van der Waals surface area (Å²) in [7, 11) is 0. The second-order valence-electron chi connectivity index (χ2n) is 4.69. The van der Waals surface area contributed by atoms with Crippen molar-refractivity contribution in [3.05, 3.63) is 56.9 Å². The molecule has 2 aromatic rings.